The van der Waals surface area contributed by atoms with Crippen molar-refractivity contribution in [1.29, 1.82) is 0 Å². The number of nitrogens with zero attached hydrogens (tertiary/aromatic N) is 1. The van der Waals surface area contributed by atoms with Crippen LogP contribution in [0.15, 0.2) is 24.3 Å². The highest BCUT2D eigenvalue weighted by atomic mass is 16.5. The number of amides is 2. The number of aryl methyl sites for hydroxylation is 1. The quantitative estimate of drug-likeness (QED) is 0.456. The van der Waals surface area contributed by atoms with Crippen LogP contribution < -0.4 is 15.4 Å². The maximum atomic E-state index is 13.0. The minimum absolute atomic E-state index is 0.124. The van der Waals surface area contributed by atoms with Gasteiger partial charge >= 0.3 is 5.97 Å². The van der Waals surface area contributed by atoms with E-state index in [0.29, 0.717) is 38.3 Å². The normalized spacial score (nSPS) is 19.9. The SMILES string of the molecule is COc1cccc(CCC(CC(=O)O)NC(=O)[C@@H]2CCCN(C(=O)CCC3CCNCC3)C2)c1. The number of piperidine rings is 2. The Kier molecular flexibility index (Phi) is 10.2. The Bertz CT molecular complexity index is 824. The lowest BCUT2D eigenvalue weighted by Crippen LogP contribution is -2.48. The fraction of sp³-hybridized carbons (Fsp3) is 0.654. The summed E-state index contributed by atoms with van der Waals surface area (Å²) >= 11 is 0. The highest BCUT2D eigenvalue weighted by molar-refractivity contribution is 5.82. The molecule has 3 rings (SSSR count). The molecule has 8 heteroatoms. The lowest BCUT2D eigenvalue weighted by atomic mass is 9.92. The molecule has 0 bridgehead atoms. The Labute approximate surface area is 202 Å². The van der Waals surface area contributed by atoms with Crippen LogP contribution in [0, 0.1) is 11.8 Å². The molecule has 34 heavy (non-hydrogen) atoms. The maximum Gasteiger partial charge on any atom is 0.305 e. The van der Waals surface area contributed by atoms with Gasteiger partial charge in [-0.1, -0.05) is 12.1 Å². The van der Waals surface area contributed by atoms with Crippen molar-refractivity contribution in [3.63, 3.8) is 0 Å². The monoisotopic (exact) mass is 473 g/mol. The van der Waals surface area contributed by atoms with Gasteiger partial charge in [0.05, 0.1) is 19.4 Å². The van der Waals surface area contributed by atoms with Crippen LogP contribution in [0.4, 0.5) is 0 Å². The molecule has 2 heterocycles. The molecule has 0 spiro atoms. The number of aliphatic carboxylic acids is 1. The van der Waals surface area contributed by atoms with Gasteiger partial charge in [0.2, 0.25) is 11.8 Å². The highest BCUT2D eigenvalue weighted by Gasteiger charge is 2.30. The lowest BCUT2D eigenvalue weighted by Gasteiger charge is -2.33. The molecule has 0 aromatic heterocycles. The molecule has 2 atom stereocenters. The number of likely N-dealkylation sites (tertiary alicyclic amines) is 1. The maximum absolute atomic E-state index is 13.0. The molecule has 1 unspecified atom stereocenters. The minimum atomic E-state index is -0.936. The summed E-state index contributed by atoms with van der Waals surface area (Å²) in [5.41, 5.74) is 1.03. The van der Waals surface area contributed by atoms with Crippen molar-refractivity contribution in [2.24, 2.45) is 11.8 Å². The Morgan fingerprint density at radius 2 is 2.03 bits per heavy atom. The van der Waals surface area contributed by atoms with E-state index in [9.17, 15) is 19.5 Å². The molecule has 8 nitrogen and oxygen atoms in total. The molecular weight excluding hydrogens is 434 g/mol. The molecule has 188 valence electrons. The third-order valence-corrected chi connectivity index (χ3v) is 7.05. The first-order valence-corrected chi connectivity index (χ1v) is 12.6. The van der Waals surface area contributed by atoms with E-state index in [2.05, 4.69) is 10.6 Å². The standard InChI is InChI=1S/C26H39N3O5/c1-34-23-6-2-4-20(16-23)7-9-22(17-25(31)32)28-26(33)21-5-3-15-29(18-21)24(30)10-8-19-11-13-27-14-12-19/h2,4,6,16,19,21-22,27H,3,5,7-15,17-18H2,1H3,(H,28,33)(H,31,32)/t21-,22?/m1/s1. The van der Waals surface area contributed by atoms with Crippen LogP contribution in [-0.4, -0.2) is 67.1 Å². The summed E-state index contributed by atoms with van der Waals surface area (Å²) in [7, 11) is 1.61. The third kappa shape index (κ3) is 8.31. The Morgan fingerprint density at radius 1 is 1.24 bits per heavy atom. The Morgan fingerprint density at radius 3 is 2.76 bits per heavy atom. The van der Waals surface area contributed by atoms with E-state index in [4.69, 9.17) is 4.74 Å². The molecule has 0 aliphatic carbocycles. The summed E-state index contributed by atoms with van der Waals surface area (Å²) in [4.78, 5) is 39.0. The fourth-order valence-corrected chi connectivity index (χ4v) is 5.00. The van der Waals surface area contributed by atoms with Crippen LogP contribution in [0.1, 0.15) is 56.9 Å². The molecule has 0 saturated carbocycles. The summed E-state index contributed by atoms with van der Waals surface area (Å²) < 4.78 is 5.25. The van der Waals surface area contributed by atoms with Crippen molar-refractivity contribution in [2.75, 3.05) is 33.3 Å². The molecule has 0 radical (unpaired) electrons. The number of carboxylic acid groups (broad SMARTS) is 1. The molecule has 2 aliphatic rings. The van der Waals surface area contributed by atoms with Crippen molar-refractivity contribution in [1.82, 2.24) is 15.5 Å². The van der Waals surface area contributed by atoms with Gasteiger partial charge in [-0.25, -0.2) is 0 Å². The van der Waals surface area contributed by atoms with Crippen LogP contribution >= 0.6 is 0 Å². The molecule has 2 amide bonds. The van der Waals surface area contributed by atoms with E-state index < -0.39 is 12.0 Å². The number of hydrogen-bond donors (Lipinski definition) is 3. The van der Waals surface area contributed by atoms with Crippen LogP contribution in [0.5, 0.6) is 5.75 Å². The number of rotatable bonds is 11. The van der Waals surface area contributed by atoms with E-state index in [0.717, 1.165) is 56.5 Å². The second-order valence-electron chi connectivity index (χ2n) is 9.60. The number of carbonyl (C=O) groups is 3. The van der Waals surface area contributed by atoms with E-state index in [-0.39, 0.29) is 24.2 Å². The van der Waals surface area contributed by atoms with Crippen molar-refractivity contribution in [3.05, 3.63) is 29.8 Å². The zero-order valence-electron chi connectivity index (χ0n) is 20.3. The summed E-state index contributed by atoms with van der Waals surface area (Å²) in [6, 6.07) is 7.20. The Hall–Kier alpha value is -2.61. The van der Waals surface area contributed by atoms with Crippen LogP contribution in [-0.2, 0) is 20.8 Å². The van der Waals surface area contributed by atoms with Crippen LogP contribution in [0.3, 0.4) is 0 Å². The lowest BCUT2D eigenvalue weighted by molar-refractivity contribution is -0.138. The first-order valence-electron chi connectivity index (χ1n) is 12.6. The van der Waals surface area contributed by atoms with Gasteiger partial charge in [0, 0.05) is 25.6 Å². The van der Waals surface area contributed by atoms with Gasteiger partial charge in [0.1, 0.15) is 5.75 Å². The number of benzene rings is 1. The Balaban J connectivity index is 1.49. The van der Waals surface area contributed by atoms with Gasteiger partial charge in [0.15, 0.2) is 0 Å². The first kappa shape index (κ1) is 26.0. The minimum Gasteiger partial charge on any atom is -0.497 e. The van der Waals surface area contributed by atoms with Crippen LogP contribution in [0.25, 0.3) is 0 Å². The smallest absolute Gasteiger partial charge is 0.305 e. The molecule has 1 aromatic rings. The van der Waals surface area contributed by atoms with Crippen molar-refractivity contribution >= 4 is 17.8 Å². The topological polar surface area (TPSA) is 108 Å². The second kappa shape index (κ2) is 13.3. The molecule has 2 aliphatic heterocycles. The second-order valence-corrected chi connectivity index (χ2v) is 9.60. The predicted octanol–water partition coefficient (Wildman–Crippen LogP) is 2.61. The number of methoxy groups -OCH3 is 1. The van der Waals surface area contributed by atoms with E-state index in [1.807, 2.05) is 29.2 Å². The van der Waals surface area contributed by atoms with Gasteiger partial charge in [-0.05, 0) is 81.6 Å². The summed E-state index contributed by atoms with van der Waals surface area (Å²) in [5.74, 6) is 0.127. The highest BCUT2D eigenvalue weighted by Crippen LogP contribution is 2.22. The summed E-state index contributed by atoms with van der Waals surface area (Å²) in [5, 5.41) is 15.7. The van der Waals surface area contributed by atoms with E-state index in [1.165, 1.54) is 0 Å². The molecule has 1 aromatic carbocycles. The van der Waals surface area contributed by atoms with Crippen molar-refractivity contribution in [3.8, 4) is 5.75 Å². The number of carboxylic acids is 1. The molecular formula is C26H39N3O5. The van der Waals surface area contributed by atoms with Gasteiger partial charge < -0.3 is 25.4 Å². The van der Waals surface area contributed by atoms with Gasteiger partial charge in [-0.2, -0.15) is 0 Å². The van der Waals surface area contributed by atoms with E-state index >= 15 is 0 Å². The number of carbonyl (C=O) groups excluding carboxylic acids is 2. The molecule has 3 N–H and O–H groups in total. The van der Waals surface area contributed by atoms with Gasteiger partial charge in [-0.15, -0.1) is 0 Å². The summed E-state index contributed by atoms with van der Waals surface area (Å²) in [6.45, 7) is 3.18. The number of ether oxygens (including phenoxy) is 1. The average Bonchev–Trinajstić information content (AvgIpc) is 2.86. The molecule has 2 saturated heterocycles. The predicted molar refractivity (Wildman–Crippen MR) is 130 cm³/mol. The number of nitrogens with one attached hydrogen (secondary N) is 2. The van der Waals surface area contributed by atoms with Crippen LogP contribution in [0.2, 0.25) is 0 Å². The average molecular weight is 474 g/mol. The van der Waals surface area contributed by atoms with Gasteiger partial charge in [0.25, 0.3) is 0 Å². The molecule has 2 fully saturated rings. The van der Waals surface area contributed by atoms with Crippen molar-refractivity contribution in [2.45, 2.75) is 63.8 Å². The van der Waals surface area contributed by atoms with Crippen molar-refractivity contribution < 1.29 is 24.2 Å². The fourth-order valence-electron chi connectivity index (χ4n) is 5.00. The van der Waals surface area contributed by atoms with Gasteiger partial charge in [-0.3, -0.25) is 14.4 Å². The summed E-state index contributed by atoms with van der Waals surface area (Å²) in [6.07, 6.45) is 6.27. The number of hydrogen-bond acceptors (Lipinski definition) is 5. The third-order valence-electron chi connectivity index (χ3n) is 7.05. The first-order chi connectivity index (χ1) is 16.4. The zero-order chi connectivity index (χ0) is 24.3. The zero-order valence-corrected chi connectivity index (χ0v) is 20.3. The van der Waals surface area contributed by atoms with E-state index in [1.54, 1.807) is 7.11 Å². The largest absolute Gasteiger partial charge is 0.497 e.